The summed E-state index contributed by atoms with van der Waals surface area (Å²) in [4.78, 5) is 19.6. The van der Waals surface area contributed by atoms with Gasteiger partial charge in [-0.15, -0.1) is 11.3 Å². The predicted octanol–water partition coefficient (Wildman–Crippen LogP) is 3.66. The zero-order valence-electron chi connectivity index (χ0n) is 13.0. The van der Waals surface area contributed by atoms with Crippen LogP contribution in [0.15, 0.2) is 22.0 Å². The summed E-state index contributed by atoms with van der Waals surface area (Å²) in [7, 11) is 0. The topological polar surface area (TPSA) is 59.2 Å². The first-order valence-corrected chi connectivity index (χ1v) is 8.73. The second-order valence-corrected chi connectivity index (χ2v) is 6.79. The fourth-order valence-electron chi connectivity index (χ4n) is 2.68. The fourth-order valence-corrected chi connectivity index (χ4v) is 3.37. The summed E-state index contributed by atoms with van der Waals surface area (Å²) in [6.07, 6.45) is 2.78. The van der Waals surface area contributed by atoms with Gasteiger partial charge in [0.25, 0.3) is 5.91 Å². The Bertz CT molecular complexity index is 615. The van der Waals surface area contributed by atoms with Crippen molar-refractivity contribution in [1.82, 2.24) is 15.0 Å². The molecule has 1 aliphatic rings. The van der Waals surface area contributed by atoms with Crippen molar-refractivity contribution in [3.8, 4) is 0 Å². The van der Waals surface area contributed by atoms with Gasteiger partial charge in [-0.25, -0.2) is 0 Å². The Morgan fingerprint density at radius 2 is 2.27 bits per heavy atom. The maximum atomic E-state index is 12.3. The van der Waals surface area contributed by atoms with Gasteiger partial charge < -0.3 is 9.42 Å². The van der Waals surface area contributed by atoms with Crippen molar-refractivity contribution in [3.05, 3.63) is 34.1 Å². The second-order valence-electron chi connectivity index (χ2n) is 5.84. The van der Waals surface area contributed by atoms with E-state index >= 15 is 0 Å². The van der Waals surface area contributed by atoms with E-state index in [1.165, 1.54) is 11.3 Å². The van der Waals surface area contributed by atoms with E-state index in [0.29, 0.717) is 5.92 Å². The van der Waals surface area contributed by atoms with Crippen molar-refractivity contribution < 1.29 is 9.32 Å². The molecule has 0 N–H and O–H groups in total. The first-order valence-electron chi connectivity index (χ1n) is 7.85. The molecular formula is C16H21N3O2S. The van der Waals surface area contributed by atoms with Gasteiger partial charge in [0.15, 0.2) is 5.82 Å². The van der Waals surface area contributed by atoms with E-state index in [1.807, 2.05) is 22.4 Å². The molecule has 3 rings (SSSR count). The van der Waals surface area contributed by atoms with Crippen molar-refractivity contribution in [2.24, 2.45) is 0 Å². The van der Waals surface area contributed by atoms with Crippen LogP contribution in [0.2, 0.25) is 0 Å². The Labute approximate surface area is 134 Å². The molecule has 1 atom stereocenters. The Hall–Kier alpha value is -1.69. The third-order valence-corrected chi connectivity index (χ3v) is 5.23. The standard InChI is InChI=1S/C16H21N3O2S/c1-3-11(2)14-17-15(21-18-14)12-6-8-19(9-7-12)16(20)13-5-4-10-22-13/h4-5,10-12H,3,6-9H2,1-2H3/t11-/m0/s1. The summed E-state index contributed by atoms with van der Waals surface area (Å²) in [5.74, 6) is 2.28. The number of rotatable bonds is 4. The Morgan fingerprint density at radius 1 is 1.50 bits per heavy atom. The van der Waals surface area contributed by atoms with Crippen LogP contribution >= 0.6 is 11.3 Å². The van der Waals surface area contributed by atoms with E-state index in [-0.39, 0.29) is 11.8 Å². The molecule has 0 saturated carbocycles. The number of carbonyl (C=O) groups excluding carboxylic acids is 1. The van der Waals surface area contributed by atoms with Crippen LogP contribution in [-0.4, -0.2) is 34.0 Å². The highest BCUT2D eigenvalue weighted by atomic mass is 32.1. The lowest BCUT2D eigenvalue weighted by Crippen LogP contribution is -2.37. The van der Waals surface area contributed by atoms with Crippen LogP contribution in [-0.2, 0) is 0 Å². The number of amides is 1. The van der Waals surface area contributed by atoms with Gasteiger partial charge in [0.2, 0.25) is 5.89 Å². The Morgan fingerprint density at radius 3 is 2.91 bits per heavy atom. The molecule has 2 aromatic rings. The Balaban J connectivity index is 1.60. The van der Waals surface area contributed by atoms with Gasteiger partial charge in [0.1, 0.15) is 0 Å². The average molecular weight is 319 g/mol. The van der Waals surface area contributed by atoms with Crippen molar-refractivity contribution >= 4 is 17.2 Å². The van der Waals surface area contributed by atoms with Crippen LogP contribution in [0.4, 0.5) is 0 Å². The third-order valence-electron chi connectivity index (χ3n) is 4.37. The molecule has 0 radical (unpaired) electrons. The third kappa shape index (κ3) is 3.06. The highest BCUT2D eigenvalue weighted by Crippen LogP contribution is 2.29. The Kier molecular flexibility index (Phi) is 4.57. The summed E-state index contributed by atoms with van der Waals surface area (Å²) < 4.78 is 5.43. The normalized spacial score (nSPS) is 17.6. The van der Waals surface area contributed by atoms with E-state index < -0.39 is 0 Å². The number of thiophene rings is 1. The maximum absolute atomic E-state index is 12.3. The summed E-state index contributed by atoms with van der Waals surface area (Å²) in [6.45, 7) is 5.73. The van der Waals surface area contributed by atoms with Gasteiger partial charge in [-0.3, -0.25) is 4.79 Å². The van der Waals surface area contributed by atoms with Gasteiger partial charge in [-0.1, -0.05) is 25.1 Å². The number of nitrogens with zero attached hydrogens (tertiary/aromatic N) is 3. The number of carbonyl (C=O) groups is 1. The highest BCUT2D eigenvalue weighted by molar-refractivity contribution is 7.12. The number of piperidine rings is 1. The highest BCUT2D eigenvalue weighted by Gasteiger charge is 2.28. The predicted molar refractivity (Wildman–Crippen MR) is 85.2 cm³/mol. The molecule has 22 heavy (non-hydrogen) atoms. The number of hydrogen-bond donors (Lipinski definition) is 0. The molecule has 3 heterocycles. The average Bonchev–Trinajstić information content (AvgIpc) is 3.25. The van der Waals surface area contributed by atoms with E-state index in [0.717, 1.165) is 48.9 Å². The maximum Gasteiger partial charge on any atom is 0.263 e. The van der Waals surface area contributed by atoms with Crippen molar-refractivity contribution in [2.45, 2.75) is 44.9 Å². The zero-order valence-corrected chi connectivity index (χ0v) is 13.8. The van der Waals surface area contributed by atoms with E-state index in [1.54, 1.807) is 0 Å². The molecule has 118 valence electrons. The summed E-state index contributed by atoms with van der Waals surface area (Å²) in [5.41, 5.74) is 0. The van der Waals surface area contributed by atoms with Gasteiger partial charge >= 0.3 is 0 Å². The van der Waals surface area contributed by atoms with Crippen LogP contribution in [0.1, 0.15) is 66.3 Å². The molecule has 1 fully saturated rings. The molecule has 0 aliphatic carbocycles. The SMILES string of the molecule is CC[C@H](C)c1noc(C2CCN(C(=O)c3cccs3)CC2)n1. The van der Waals surface area contributed by atoms with Crippen LogP contribution in [0, 0.1) is 0 Å². The van der Waals surface area contributed by atoms with E-state index in [4.69, 9.17) is 4.52 Å². The smallest absolute Gasteiger partial charge is 0.263 e. The molecule has 0 aromatic carbocycles. The monoisotopic (exact) mass is 319 g/mol. The molecule has 0 spiro atoms. The minimum atomic E-state index is 0.138. The molecule has 1 aliphatic heterocycles. The molecule has 2 aromatic heterocycles. The molecular weight excluding hydrogens is 298 g/mol. The fraction of sp³-hybridized carbons (Fsp3) is 0.562. The van der Waals surface area contributed by atoms with Gasteiger partial charge in [0, 0.05) is 24.9 Å². The van der Waals surface area contributed by atoms with Crippen molar-refractivity contribution in [2.75, 3.05) is 13.1 Å². The van der Waals surface area contributed by atoms with Crippen molar-refractivity contribution in [3.63, 3.8) is 0 Å². The number of aromatic nitrogens is 2. The summed E-state index contributed by atoms with van der Waals surface area (Å²) in [5, 5.41) is 6.03. The van der Waals surface area contributed by atoms with Gasteiger partial charge in [-0.2, -0.15) is 4.98 Å². The van der Waals surface area contributed by atoms with Gasteiger partial charge in [-0.05, 0) is 30.7 Å². The first-order chi connectivity index (χ1) is 10.7. The molecule has 0 bridgehead atoms. The lowest BCUT2D eigenvalue weighted by molar-refractivity contribution is 0.0709. The first kappa shape index (κ1) is 15.2. The lowest BCUT2D eigenvalue weighted by atomic mass is 9.96. The number of likely N-dealkylation sites (tertiary alicyclic amines) is 1. The minimum absolute atomic E-state index is 0.138. The van der Waals surface area contributed by atoms with Crippen LogP contribution < -0.4 is 0 Å². The van der Waals surface area contributed by atoms with E-state index in [9.17, 15) is 4.79 Å². The van der Waals surface area contributed by atoms with Gasteiger partial charge in [0.05, 0.1) is 4.88 Å². The van der Waals surface area contributed by atoms with Crippen molar-refractivity contribution in [1.29, 1.82) is 0 Å². The molecule has 1 saturated heterocycles. The summed E-state index contributed by atoms with van der Waals surface area (Å²) >= 11 is 1.50. The second kappa shape index (κ2) is 6.60. The quantitative estimate of drug-likeness (QED) is 0.863. The van der Waals surface area contributed by atoms with E-state index in [2.05, 4.69) is 24.0 Å². The zero-order chi connectivity index (χ0) is 15.5. The molecule has 6 heteroatoms. The van der Waals surface area contributed by atoms with Crippen LogP contribution in [0.3, 0.4) is 0 Å². The largest absolute Gasteiger partial charge is 0.339 e. The summed E-state index contributed by atoms with van der Waals surface area (Å²) in [6, 6.07) is 3.80. The minimum Gasteiger partial charge on any atom is -0.339 e. The molecule has 1 amide bonds. The number of hydrogen-bond acceptors (Lipinski definition) is 5. The van der Waals surface area contributed by atoms with Crippen LogP contribution in [0.25, 0.3) is 0 Å². The lowest BCUT2D eigenvalue weighted by Gasteiger charge is -2.30. The molecule has 0 unspecified atom stereocenters. The van der Waals surface area contributed by atoms with Crippen LogP contribution in [0.5, 0.6) is 0 Å². The molecule has 5 nitrogen and oxygen atoms in total.